The van der Waals surface area contributed by atoms with Crippen LogP contribution in [-0.4, -0.2) is 36.2 Å². The number of ether oxygens (including phenoxy) is 1. The molecule has 2 aliphatic rings. The molecular weight excluding hydrogens is 264 g/mol. The van der Waals surface area contributed by atoms with Gasteiger partial charge in [0.2, 0.25) is 0 Å². The fourth-order valence-corrected chi connectivity index (χ4v) is 3.08. The quantitative estimate of drug-likeness (QED) is 0.862. The number of aromatic nitrogens is 2. The number of hydrogen-bond donors (Lipinski definition) is 1. The van der Waals surface area contributed by atoms with Crippen molar-refractivity contribution in [3.8, 4) is 5.75 Å². The van der Waals surface area contributed by atoms with Crippen LogP contribution in [0.4, 0.5) is 11.5 Å². The van der Waals surface area contributed by atoms with Crippen LogP contribution in [0.1, 0.15) is 11.3 Å². The minimum absolute atomic E-state index is 0.689. The molecule has 0 saturated heterocycles. The van der Waals surface area contributed by atoms with Crippen molar-refractivity contribution in [2.24, 2.45) is 0 Å². The van der Waals surface area contributed by atoms with Gasteiger partial charge in [-0.25, -0.2) is 9.97 Å². The zero-order chi connectivity index (χ0) is 14.1. The molecule has 1 aromatic heterocycles. The van der Waals surface area contributed by atoms with Crippen molar-refractivity contribution in [2.75, 3.05) is 31.1 Å². The van der Waals surface area contributed by atoms with E-state index in [0.29, 0.717) is 6.61 Å². The summed E-state index contributed by atoms with van der Waals surface area (Å²) in [5.41, 5.74) is 3.55. The number of fused-ring (bicyclic) bond motifs is 2. The van der Waals surface area contributed by atoms with Gasteiger partial charge in [0.25, 0.3) is 0 Å². The van der Waals surface area contributed by atoms with E-state index >= 15 is 0 Å². The summed E-state index contributed by atoms with van der Waals surface area (Å²) >= 11 is 0. The lowest BCUT2D eigenvalue weighted by molar-refractivity contribution is 0.313. The molecule has 0 radical (unpaired) electrons. The molecule has 5 nitrogen and oxygen atoms in total. The summed E-state index contributed by atoms with van der Waals surface area (Å²) in [5, 5.41) is 3.43. The van der Waals surface area contributed by atoms with Crippen molar-refractivity contribution in [3.05, 3.63) is 41.9 Å². The van der Waals surface area contributed by atoms with Crippen LogP contribution in [0.5, 0.6) is 5.75 Å². The Kier molecular flexibility index (Phi) is 3.20. The maximum atomic E-state index is 5.75. The highest BCUT2D eigenvalue weighted by molar-refractivity contribution is 5.70. The van der Waals surface area contributed by atoms with Crippen LogP contribution in [0.25, 0.3) is 0 Å². The molecule has 0 amide bonds. The number of hydrogen-bond acceptors (Lipinski definition) is 5. The fraction of sp³-hybridized carbons (Fsp3) is 0.375. The molecule has 0 atom stereocenters. The summed E-state index contributed by atoms with van der Waals surface area (Å²) in [5.74, 6) is 1.97. The first-order chi connectivity index (χ1) is 10.4. The van der Waals surface area contributed by atoms with Crippen LogP contribution in [0, 0.1) is 0 Å². The van der Waals surface area contributed by atoms with Gasteiger partial charge in [0.15, 0.2) is 0 Å². The molecule has 0 aliphatic carbocycles. The second-order valence-electron chi connectivity index (χ2n) is 5.34. The topological polar surface area (TPSA) is 50.3 Å². The Morgan fingerprint density at radius 3 is 3.00 bits per heavy atom. The molecule has 0 fully saturated rings. The molecule has 1 aromatic carbocycles. The van der Waals surface area contributed by atoms with Crippen LogP contribution in [0.2, 0.25) is 0 Å². The monoisotopic (exact) mass is 282 g/mol. The molecule has 5 heteroatoms. The van der Waals surface area contributed by atoms with Crippen molar-refractivity contribution in [1.82, 2.24) is 15.3 Å². The predicted octanol–water partition coefficient (Wildman–Crippen LogP) is 1.70. The Bertz CT molecular complexity index is 658. The first kappa shape index (κ1) is 12.6. The SMILES string of the molecule is c1ccc2c(c1)OCCN2c1ncnc2c1CCNCC2. The fourth-order valence-electron chi connectivity index (χ4n) is 3.08. The summed E-state index contributed by atoms with van der Waals surface area (Å²) in [7, 11) is 0. The molecule has 3 heterocycles. The number of rotatable bonds is 1. The third-order valence-corrected chi connectivity index (χ3v) is 4.09. The second kappa shape index (κ2) is 5.33. The van der Waals surface area contributed by atoms with E-state index in [1.54, 1.807) is 6.33 Å². The van der Waals surface area contributed by atoms with Crippen molar-refractivity contribution in [1.29, 1.82) is 0 Å². The average Bonchev–Trinajstić information content (AvgIpc) is 2.79. The highest BCUT2D eigenvalue weighted by Crippen LogP contribution is 2.37. The molecule has 2 aliphatic heterocycles. The van der Waals surface area contributed by atoms with Gasteiger partial charge in [-0.15, -0.1) is 0 Å². The van der Waals surface area contributed by atoms with Gasteiger partial charge in [-0.2, -0.15) is 0 Å². The zero-order valence-corrected chi connectivity index (χ0v) is 11.9. The highest BCUT2D eigenvalue weighted by atomic mass is 16.5. The minimum atomic E-state index is 0.689. The third-order valence-electron chi connectivity index (χ3n) is 4.09. The highest BCUT2D eigenvalue weighted by Gasteiger charge is 2.24. The maximum absolute atomic E-state index is 5.75. The predicted molar refractivity (Wildman–Crippen MR) is 81.3 cm³/mol. The summed E-state index contributed by atoms with van der Waals surface area (Å²) in [6.45, 7) is 3.49. The molecule has 0 spiro atoms. The average molecular weight is 282 g/mol. The normalized spacial score (nSPS) is 17.4. The molecule has 0 bridgehead atoms. The van der Waals surface area contributed by atoms with Gasteiger partial charge in [-0.3, -0.25) is 0 Å². The molecule has 0 saturated carbocycles. The van der Waals surface area contributed by atoms with Crippen molar-refractivity contribution in [3.63, 3.8) is 0 Å². The van der Waals surface area contributed by atoms with E-state index in [4.69, 9.17) is 4.74 Å². The third kappa shape index (κ3) is 2.23. The van der Waals surface area contributed by atoms with Gasteiger partial charge < -0.3 is 15.0 Å². The number of para-hydroxylation sites is 2. The lowest BCUT2D eigenvalue weighted by Gasteiger charge is -2.31. The summed E-state index contributed by atoms with van der Waals surface area (Å²) in [4.78, 5) is 11.3. The summed E-state index contributed by atoms with van der Waals surface area (Å²) < 4.78 is 5.75. The van der Waals surface area contributed by atoms with Gasteiger partial charge in [-0.05, 0) is 25.1 Å². The van der Waals surface area contributed by atoms with Crippen LogP contribution in [0.3, 0.4) is 0 Å². The Morgan fingerprint density at radius 1 is 1.10 bits per heavy atom. The standard InChI is InChI=1S/C16H18N4O/c1-2-4-15-14(3-1)20(9-10-21-15)16-12-5-7-17-8-6-13(12)18-11-19-16/h1-4,11,17H,5-10H2. The lowest BCUT2D eigenvalue weighted by Crippen LogP contribution is -2.30. The van der Waals surface area contributed by atoms with E-state index < -0.39 is 0 Å². The maximum Gasteiger partial charge on any atom is 0.143 e. The molecule has 1 N–H and O–H groups in total. The van der Waals surface area contributed by atoms with E-state index in [0.717, 1.165) is 49.7 Å². The molecule has 21 heavy (non-hydrogen) atoms. The molecule has 4 rings (SSSR count). The Labute approximate surface area is 124 Å². The van der Waals surface area contributed by atoms with Crippen LogP contribution < -0.4 is 15.0 Å². The Morgan fingerprint density at radius 2 is 2.00 bits per heavy atom. The number of nitrogens with zero attached hydrogens (tertiary/aromatic N) is 3. The van der Waals surface area contributed by atoms with Crippen LogP contribution in [0.15, 0.2) is 30.6 Å². The lowest BCUT2D eigenvalue weighted by atomic mass is 10.1. The molecule has 2 aromatic rings. The van der Waals surface area contributed by atoms with Gasteiger partial charge in [0, 0.05) is 18.5 Å². The van der Waals surface area contributed by atoms with Gasteiger partial charge >= 0.3 is 0 Å². The molecule has 0 unspecified atom stereocenters. The van der Waals surface area contributed by atoms with Crippen molar-refractivity contribution in [2.45, 2.75) is 12.8 Å². The minimum Gasteiger partial charge on any atom is -0.490 e. The van der Waals surface area contributed by atoms with Gasteiger partial charge in [-0.1, -0.05) is 12.1 Å². The summed E-state index contributed by atoms with van der Waals surface area (Å²) in [6.07, 6.45) is 3.64. The first-order valence-electron chi connectivity index (χ1n) is 7.46. The van der Waals surface area contributed by atoms with Gasteiger partial charge in [0.05, 0.1) is 17.9 Å². The van der Waals surface area contributed by atoms with E-state index in [2.05, 4.69) is 26.3 Å². The van der Waals surface area contributed by atoms with Crippen LogP contribution in [-0.2, 0) is 12.8 Å². The summed E-state index contributed by atoms with van der Waals surface area (Å²) in [6, 6.07) is 8.16. The van der Waals surface area contributed by atoms with Crippen molar-refractivity contribution < 1.29 is 4.74 Å². The van der Waals surface area contributed by atoms with E-state index in [1.165, 1.54) is 11.3 Å². The first-order valence-corrected chi connectivity index (χ1v) is 7.46. The Balaban J connectivity index is 1.81. The van der Waals surface area contributed by atoms with E-state index in [1.807, 2.05) is 18.2 Å². The zero-order valence-electron chi connectivity index (χ0n) is 11.9. The molecular formula is C16H18N4O. The Hall–Kier alpha value is -2.14. The molecule has 108 valence electrons. The smallest absolute Gasteiger partial charge is 0.143 e. The number of anilines is 2. The number of benzene rings is 1. The van der Waals surface area contributed by atoms with E-state index in [-0.39, 0.29) is 0 Å². The number of nitrogens with one attached hydrogen (secondary N) is 1. The van der Waals surface area contributed by atoms with Crippen LogP contribution >= 0.6 is 0 Å². The largest absolute Gasteiger partial charge is 0.490 e. The van der Waals surface area contributed by atoms with Crippen molar-refractivity contribution >= 4 is 11.5 Å². The second-order valence-corrected chi connectivity index (χ2v) is 5.34. The van der Waals surface area contributed by atoms with Gasteiger partial charge in [0.1, 0.15) is 24.5 Å². The van der Waals surface area contributed by atoms with E-state index in [9.17, 15) is 0 Å².